The quantitative estimate of drug-likeness (QED) is 0.908. The molecular weight excluding hydrogens is 267 g/mol. The van der Waals surface area contributed by atoms with Crippen LogP contribution in [0.15, 0.2) is 23.6 Å². The van der Waals surface area contributed by atoms with Gasteiger partial charge < -0.3 is 5.11 Å². The number of rotatable bonds is 3. The number of hydrogen-bond acceptors (Lipinski definition) is 4. The van der Waals surface area contributed by atoms with Gasteiger partial charge in [-0.15, -0.1) is 11.3 Å². The van der Waals surface area contributed by atoms with E-state index in [2.05, 4.69) is 10.3 Å². The lowest BCUT2D eigenvalue weighted by atomic mass is 10.1. The number of benzene rings is 1. The fourth-order valence-corrected chi connectivity index (χ4v) is 2.37. The molecule has 1 aromatic carbocycles. The van der Waals surface area contributed by atoms with Crippen molar-refractivity contribution in [2.75, 3.05) is 5.32 Å². The van der Waals surface area contributed by atoms with E-state index in [1.54, 1.807) is 19.2 Å². The molecule has 0 bridgehead atoms. The van der Waals surface area contributed by atoms with Crippen LogP contribution >= 0.6 is 11.3 Å². The Morgan fingerprint density at radius 3 is 2.84 bits per heavy atom. The van der Waals surface area contributed by atoms with E-state index in [0.29, 0.717) is 22.0 Å². The average molecular weight is 280 g/mol. The maximum Gasteiger partial charge on any atom is 0.257 e. The number of aromatic nitrogens is 1. The normalized spacial score (nSPS) is 12.2. The molecule has 0 radical (unpaired) electrons. The van der Waals surface area contributed by atoms with Gasteiger partial charge in [-0.1, -0.05) is 0 Å². The summed E-state index contributed by atoms with van der Waals surface area (Å²) in [5.41, 5.74) is 1.47. The largest absolute Gasteiger partial charge is 0.387 e. The minimum atomic E-state index is -0.672. The maximum atomic E-state index is 13.0. The van der Waals surface area contributed by atoms with Crippen LogP contribution in [0.3, 0.4) is 0 Å². The highest BCUT2D eigenvalue weighted by Crippen LogP contribution is 2.21. The lowest BCUT2D eigenvalue weighted by Gasteiger charge is -2.05. The molecule has 4 nitrogen and oxygen atoms in total. The highest BCUT2D eigenvalue weighted by molar-refractivity contribution is 7.14. The van der Waals surface area contributed by atoms with E-state index in [1.165, 1.54) is 29.5 Å². The molecule has 1 unspecified atom stereocenters. The third kappa shape index (κ3) is 3.15. The predicted octanol–water partition coefficient (Wildman–Crippen LogP) is 2.90. The van der Waals surface area contributed by atoms with Crippen molar-refractivity contribution in [2.24, 2.45) is 0 Å². The van der Waals surface area contributed by atoms with Crippen LogP contribution in [0.2, 0.25) is 0 Å². The minimum Gasteiger partial charge on any atom is -0.387 e. The molecule has 0 saturated heterocycles. The van der Waals surface area contributed by atoms with Crippen LogP contribution in [0.4, 0.5) is 9.52 Å². The number of aryl methyl sites for hydroxylation is 1. The average Bonchev–Trinajstić information content (AvgIpc) is 2.77. The van der Waals surface area contributed by atoms with Gasteiger partial charge in [-0.3, -0.25) is 10.1 Å². The van der Waals surface area contributed by atoms with Crippen molar-refractivity contribution in [2.45, 2.75) is 20.0 Å². The second-order valence-corrected chi connectivity index (χ2v) is 5.02. The topological polar surface area (TPSA) is 62.2 Å². The Kier molecular flexibility index (Phi) is 3.92. The number of hydrogen-bond donors (Lipinski definition) is 2. The highest BCUT2D eigenvalue weighted by atomic mass is 32.1. The van der Waals surface area contributed by atoms with E-state index in [-0.39, 0.29) is 11.7 Å². The van der Waals surface area contributed by atoms with Crippen molar-refractivity contribution >= 4 is 22.4 Å². The molecule has 6 heteroatoms. The maximum absolute atomic E-state index is 13.0. The van der Waals surface area contributed by atoms with Crippen LogP contribution in [0, 0.1) is 12.7 Å². The standard InChI is InChI=1S/C13H13FN2O2S/c1-7-5-9(14)3-4-10(7)12(18)16-13-15-11(6-19-13)8(2)17/h3-6,8,17H,1-2H3,(H,15,16,18). The van der Waals surface area contributed by atoms with Gasteiger partial charge in [-0.25, -0.2) is 9.37 Å². The second kappa shape index (κ2) is 5.46. The van der Waals surface area contributed by atoms with Gasteiger partial charge in [0.15, 0.2) is 5.13 Å². The van der Waals surface area contributed by atoms with Gasteiger partial charge in [0.05, 0.1) is 11.8 Å². The van der Waals surface area contributed by atoms with E-state index >= 15 is 0 Å². The summed E-state index contributed by atoms with van der Waals surface area (Å²) < 4.78 is 13.0. The Morgan fingerprint density at radius 1 is 1.53 bits per heavy atom. The Bertz CT molecular complexity index is 610. The first-order valence-electron chi connectivity index (χ1n) is 5.68. The lowest BCUT2D eigenvalue weighted by molar-refractivity contribution is 0.102. The van der Waals surface area contributed by atoms with Gasteiger partial charge in [0, 0.05) is 10.9 Å². The molecule has 0 saturated carbocycles. The second-order valence-electron chi connectivity index (χ2n) is 4.17. The van der Waals surface area contributed by atoms with Crippen molar-refractivity contribution in [1.82, 2.24) is 4.98 Å². The van der Waals surface area contributed by atoms with Gasteiger partial charge in [0.2, 0.25) is 0 Å². The molecule has 0 aliphatic heterocycles. The molecule has 2 aromatic rings. The van der Waals surface area contributed by atoms with Crippen LogP contribution < -0.4 is 5.32 Å². The van der Waals surface area contributed by atoms with E-state index in [0.717, 1.165) is 0 Å². The Morgan fingerprint density at radius 2 is 2.26 bits per heavy atom. The zero-order chi connectivity index (χ0) is 14.0. The number of aliphatic hydroxyl groups is 1. The van der Waals surface area contributed by atoms with Gasteiger partial charge in [0.25, 0.3) is 5.91 Å². The summed E-state index contributed by atoms with van der Waals surface area (Å²) in [4.78, 5) is 16.1. The molecule has 0 aliphatic carbocycles. The van der Waals surface area contributed by atoms with E-state index < -0.39 is 6.10 Å². The molecule has 1 heterocycles. The molecule has 1 atom stereocenters. The summed E-state index contributed by atoms with van der Waals surface area (Å²) in [5.74, 6) is -0.719. The summed E-state index contributed by atoms with van der Waals surface area (Å²) in [7, 11) is 0. The molecule has 100 valence electrons. The molecule has 19 heavy (non-hydrogen) atoms. The van der Waals surface area contributed by atoms with Crippen molar-refractivity contribution in [3.63, 3.8) is 0 Å². The van der Waals surface area contributed by atoms with Gasteiger partial charge >= 0.3 is 0 Å². The first kappa shape index (κ1) is 13.6. The third-order valence-electron chi connectivity index (χ3n) is 2.60. The number of carbonyl (C=O) groups is 1. The van der Waals surface area contributed by atoms with Crippen LogP contribution in [-0.4, -0.2) is 16.0 Å². The number of amides is 1. The zero-order valence-electron chi connectivity index (χ0n) is 10.5. The summed E-state index contributed by atoms with van der Waals surface area (Å²) in [5, 5.41) is 14.1. The molecule has 0 aliphatic rings. The summed E-state index contributed by atoms with van der Waals surface area (Å²) >= 11 is 1.23. The fourth-order valence-electron chi connectivity index (χ4n) is 1.58. The van der Waals surface area contributed by atoms with E-state index in [9.17, 15) is 14.3 Å². The summed E-state index contributed by atoms with van der Waals surface area (Å²) in [6, 6.07) is 3.98. The number of aliphatic hydroxyl groups excluding tert-OH is 1. The third-order valence-corrected chi connectivity index (χ3v) is 3.38. The predicted molar refractivity (Wildman–Crippen MR) is 71.8 cm³/mol. The van der Waals surface area contributed by atoms with Gasteiger partial charge in [0.1, 0.15) is 5.82 Å². The number of halogens is 1. The number of anilines is 1. The molecule has 2 rings (SSSR count). The molecule has 0 spiro atoms. The minimum absolute atomic E-state index is 0.344. The Balaban J connectivity index is 2.16. The molecule has 1 aromatic heterocycles. The van der Waals surface area contributed by atoms with E-state index in [1.807, 2.05) is 0 Å². The zero-order valence-corrected chi connectivity index (χ0v) is 11.3. The first-order valence-corrected chi connectivity index (χ1v) is 6.56. The smallest absolute Gasteiger partial charge is 0.257 e. The Hall–Kier alpha value is -1.79. The number of thiazole rings is 1. The van der Waals surface area contributed by atoms with Gasteiger partial charge in [-0.05, 0) is 37.6 Å². The first-order chi connectivity index (χ1) is 8.97. The van der Waals surface area contributed by atoms with Crippen molar-refractivity contribution in [3.05, 3.63) is 46.2 Å². The molecule has 2 N–H and O–H groups in total. The molecular formula is C13H13FN2O2S. The van der Waals surface area contributed by atoms with Crippen LogP contribution in [0.25, 0.3) is 0 Å². The van der Waals surface area contributed by atoms with Crippen molar-refractivity contribution in [1.29, 1.82) is 0 Å². The van der Waals surface area contributed by atoms with Gasteiger partial charge in [-0.2, -0.15) is 0 Å². The van der Waals surface area contributed by atoms with Crippen LogP contribution in [0.1, 0.15) is 34.6 Å². The number of nitrogens with zero attached hydrogens (tertiary/aromatic N) is 1. The van der Waals surface area contributed by atoms with Crippen LogP contribution in [0.5, 0.6) is 0 Å². The highest BCUT2D eigenvalue weighted by Gasteiger charge is 2.13. The fraction of sp³-hybridized carbons (Fsp3) is 0.231. The van der Waals surface area contributed by atoms with E-state index in [4.69, 9.17) is 0 Å². The summed E-state index contributed by atoms with van der Waals surface area (Å²) in [6.07, 6.45) is -0.672. The number of nitrogens with one attached hydrogen (secondary N) is 1. The molecule has 0 fully saturated rings. The Labute approximate surface area is 113 Å². The lowest BCUT2D eigenvalue weighted by Crippen LogP contribution is -2.13. The summed E-state index contributed by atoms with van der Waals surface area (Å²) in [6.45, 7) is 3.27. The number of carbonyl (C=O) groups excluding carboxylic acids is 1. The molecule has 1 amide bonds. The van der Waals surface area contributed by atoms with Crippen molar-refractivity contribution in [3.8, 4) is 0 Å². The monoisotopic (exact) mass is 280 g/mol. The van der Waals surface area contributed by atoms with Crippen molar-refractivity contribution < 1.29 is 14.3 Å². The van der Waals surface area contributed by atoms with Crippen LogP contribution in [-0.2, 0) is 0 Å². The SMILES string of the molecule is Cc1cc(F)ccc1C(=O)Nc1nc(C(C)O)cs1.